The van der Waals surface area contributed by atoms with E-state index in [1.807, 2.05) is 6.92 Å². The quantitative estimate of drug-likeness (QED) is 0.240. The first-order chi connectivity index (χ1) is 17.8. The van der Waals surface area contributed by atoms with Crippen molar-refractivity contribution < 1.29 is 33.7 Å². The lowest BCUT2D eigenvalue weighted by Crippen LogP contribution is -2.42. The number of benzene rings is 1. The summed E-state index contributed by atoms with van der Waals surface area (Å²) in [5, 5.41) is 11.5. The van der Waals surface area contributed by atoms with Gasteiger partial charge < -0.3 is 29.2 Å². The summed E-state index contributed by atoms with van der Waals surface area (Å²) in [6, 6.07) is 6.36. The number of aryl methyl sites for hydroxylation is 1. The number of methoxy groups -OCH3 is 1. The maximum absolute atomic E-state index is 13.4. The summed E-state index contributed by atoms with van der Waals surface area (Å²) < 4.78 is 15.8. The summed E-state index contributed by atoms with van der Waals surface area (Å²) >= 11 is 0. The summed E-state index contributed by atoms with van der Waals surface area (Å²) in [6.45, 7) is 9.35. The molecule has 0 spiro atoms. The number of rotatable bonds is 8. The fourth-order valence-corrected chi connectivity index (χ4v) is 4.99. The SMILES string of the molecule is CCOc1ccc(C2C(=C(O)c3c(C)[nH]c(C(=O)OC)c3C)C(=O)C(=O)N2CCN2CCOCC2)cc1. The zero-order chi connectivity index (χ0) is 26.7. The Morgan fingerprint density at radius 3 is 2.43 bits per heavy atom. The third kappa shape index (κ3) is 5.12. The van der Waals surface area contributed by atoms with Gasteiger partial charge in [-0.1, -0.05) is 12.1 Å². The average Bonchev–Trinajstić information content (AvgIpc) is 3.34. The number of aliphatic hydroxyl groups excluding tert-OH is 1. The van der Waals surface area contributed by atoms with Crippen molar-refractivity contribution in [1.82, 2.24) is 14.8 Å². The Morgan fingerprint density at radius 1 is 1.14 bits per heavy atom. The van der Waals surface area contributed by atoms with Gasteiger partial charge in [-0.25, -0.2) is 4.79 Å². The minimum absolute atomic E-state index is 0.0160. The molecule has 0 aliphatic carbocycles. The van der Waals surface area contributed by atoms with Crippen LogP contribution in [0.15, 0.2) is 29.8 Å². The average molecular weight is 512 g/mol. The van der Waals surface area contributed by atoms with Crippen molar-refractivity contribution in [1.29, 1.82) is 0 Å². The number of hydrogen-bond acceptors (Lipinski definition) is 8. The first-order valence-corrected chi connectivity index (χ1v) is 12.4. The van der Waals surface area contributed by atoms with Gasteiger partial charge >= 0.3 is 5.97 Å². The highest BCUT2D eigenvalue weighted by molar-refractivity contribution is 6.46. The summed E-state index contributed by atoms with van der Waals surface area (Å²) in [7, 11) is 1.27. The zero-order valence-electron chi connectivity index (χ0n) is 21.6. The fraction of sp³-hybridized carbons (Fsp3) is 0.444. The Labute approximate surface area is 215 Å². The summed E-state index contributed by atoms with van der Waals surface area (Å²) in [5.74, 6) is -1.69. The van der Waals surface area contributed by atoms with Crippen LogP contribution in [-0.4, -0.2) is 90.7 Å². The second kappa shape index (κ2) is 11.2. The predicted octanol–water partition coefficient (Wildman–Crippen LogP) is 2.57. The number of nitrogens with one attached hydrogen (secondary N) is 1. The van der Waals surface area contributed by atoms with Gasteiger partial charge in [-0.3, -0.25) is 14.5 Å². The molecule has 2 N–H and O–H groups in total. The molecule has 1 atom stereocenters. The van der Waals surface area contributed by atoms with E-state index in [1.54, 1.807) is 38.1 Å². The number of ether oxygens (including phenoxy) is 3. The van der Waals surface area contributed by atoms with Crippen LogP contribution in [0.5, 0.6) is 5.75 Å². The molecular formula is C27H33N3O7. The zero-order valence-corrected chi connectivity index (χ0v) is 21.6. The van der Waals surface area contributed by atoms with E-state index in [1.165, 1.54) is 12.0 Å². The number of aromatic amines is 1. The van der Waals surface area contributed by atoms with E-state index < -0.39 is 23.7 Å². The molecule has 4 rings (SSSR count). The van der Waals surface area contributed by atoms with Gasteiger partial charge in [0.2, 0.25) is 0 Å². The van der Waals surface area contributed by atoms with Gasteiger partial charge in [0.05, 0.1) is 38.5 Å². The van der Waals surface area contributed by atoms with Gasteiger partial charge in [0.1, 0.15) is 17.2 Å². The van der Waals surface area contributed by atoms with Crippen LogP contribution in [0.4, 0.5) is 0 Å². The number of hydrogen-bond donors (Lipinski definition) is 2. The Kier molecular flexibility index (Phi) is 7.99. The van der Waals surface area contributed by atoms with Crippen molar-refractivity contribution in [2.45, 2.75) is 26.8 Å². The minimum atomic E-state index is -0.799. The molecule has 10 heteroatoms. The number of likely N-dealkylation sites (tertiary alicyclic amines) is 1. The maximum Gasteiger partial charge on any atom is 0.354 e. The number of nitrogens with zero attached hydrogens (tertiary/aromatic N) is 2. The number of carbonyl (C=O) groups is 3. The van der Waals surface area contributed by atoms with Crippen molar-refractivity contribution in [3.05, 3.63) is 57.9 Å². The van der Waals surface area contributed by atoms with E-state index in [9.17, 15) is 19.5 Å². The Morgan fingerprint density at radius 2 is 1.81 bits per heavy atom. The monoisotopic (exact) mass is 511 g/mol. The highest BCUT2D eigenvalue weighted by Gasteiger charge is 2.46. The molecule has 0 bridgehead atoms. The standard InChI is InChI=1S/C27H33N3O7/c1-5-37-19-8-6-18(7-9-19)23-21(24(31)20-16(2)22(27(34)35-4)28-17(20)3)25(32)26(33)30(23)11-10-29-12-14-36-15-13-29/h6-9,23,28,31H,5,10-15H2,1-4H3. The summed E-state index contributed by atoms with van der Waals surface area (Å²) in [4.78, 5) is 45.5. The Hall–Kier alpha value is -3.63. The highest BCUT2D eigenvalue weighted by atomic mass is 16.5. The molecule has 10 nitrogen and oxygen atoms in total. The van der Waals surface area contributed by atoms with Gasteiger partial charge in [-0.2, -0.15) is 0 Å². The van der Waals surface area contributed by atoms with Gasteiger partial charge in [0.15, 0.2) is 0 Å². The van der Waals surface area contributed by atoms with Crippen molar-refractivity contribution in [2.75, 3.05) is 53.1 Å². The number of aliphatic hydroxyl groups is 1. The van der Waals surface area contributed by atoms with Crippen molar-refractivity contribution in [3.8, 4) is 5.75 Å². The van der Waals surface area contributed by atoms with E-state index >= 15 is 0 Å². The molecule has 1 aromatic carbocycles. The van der Waals surface area contributed by atoms with Crippen LogP contribution in [0, 0.1) is 13.8 Å². The molecule has 198 valence electrons. The third-order valence-electron chi connectivity index (χ3n) is 6.87. The predicted molar refractivity (Wildman–Crippen MR) is 135 cm³/mol. The molecule has 0 saturated carbocycles. The lowest BCUT2D eigenvalue weighted by Gasteiger charge is -2.31. The van der Waals surface area contributed by atoms with E-state index in [2.05, 4.69) is 9.88 Å². The molecule has 2 saturated heterocycles. The lowest BCUT2D eigenvalue weighted by atomic mass is 9.94. The number of amides is 1. The third-order valence-corrected chi connectivity index (χ3v) is 6.87. The number of ketones is 1. The molecular weight excluding hydrogens is 478 g/mol. The van der Waals surface area contributed by atoms with Crippen molar-refractivity contribution in [3.63, 3.8) is 0 Å². The Balaban J connectivity index is 1.79. The van der Waals surface area contributed by atoms with Gasteiger partial charge in [-0.05, 0) is 44.0 Å². The number of esters is 1. The largest absolute Gasteiger partial charge is 0.507 e. The van der Waals surface area contributed by atoms with Gasteiger partial charge in [-0.15, -0.1) is 0 Å². The molecule has 0 radical (unpaired) electrons. The van der Waals surface area contributed by atoms with Crippen LogP contribution in [0.1, 0.15) is 45.8 Å². The molecule has 1 aromatic heterocycles. The van der Waals surface area contributed by atoms with Crippen molar-refractivity contribution in [2.24, 2.45) is 0 Å². The minimum Gasteiger partial charge on any atom is -0.507 e. The lowest BCUT2D eigenvalue weighted by molar-refractivity contribution is -0.140. The number of morpholine rings is 1. The van der Waals surface area contributed by atoms with Crippen LogP contribution in [0.25, 0.3) is 5.76 Å². The number of carbonyl (C=O) groups excluding carboxylic acids is 3. The fourth-order valence-electron chi connectivity index (χ4n) is 4.99. The van der Waals surface area contributed by atoms with Crippen LogP contribution in [0.2, 0.25) is 0 Å². The maximum atomic E-state index is 13.4. The molecule has 1 amide bonds. The molecule has 3 heterocycles. The smallest absolute Gasteiger partial charge is 0.354 e. The van der Waals surface area contributed by atoms with Crippen LogP contribution in [0.3, 0.4) is 0 Å². The summed E-state index contributed by atoms with van der Waals surface area (Å²) in [5.41, 5.74) is 2.07. The van der Waals surface area contributed by atoms with Gasteiger partial charge in [0, 0.05) is 37.4 Å². The first-order valence-electron chi connectivity index (χ1n) is 12.4. The van der Waals surface area contributed by atoms with Crippen molar-refractivity contribution >= 4 is 23.4 Å². The first kappa shape index (κ1) is 26.4. The molecule has 1 unspecified atom stereocenters. The second-order valence-electron chi connectivity index (χ2n) is 9.07. The number of aromatic nitrogens is 1. The molecule has 2 aliphatic heterocycles. The van der Waals surface area contributed by atoms with E-state index in [4.69, 9.17) is 14.2 Å². The molecule has 2 aromatic rings. The molecule has 37 heavy (non-hydrogen) atoms. The second-order valence-corrected chi connectivity index (χ2v) is 9.07. The molecule has 2 aliphatic rings. The van der Waals surface area contributed by atoms with Gasteiger partial charge in [0.25, 0.3) is 11.7 Å². The van der Waals surface area contributed by atoms with E-state index in [0.29, 0.717) is 61.0 Å². The topological polar surface area (TPSA) is 121 Å². The van der Waals surface area contributed by atoms with E-state index in [-0.39, 0.29) is 17.0 Å². The van der Waals surface area contributed by atoms with Crippen LogP contribution < -0.4 is 4.74 Å². The normalized spacial score (nSPS) is 19.9. The van der Waals surface area contributed by atoms with E-state index in [0.717, 1.165) is 13.1 Å². The Bertz CT molecular complexity index is 1210. The van der Waals surface area contributed by atoms with Crippen LogP contribution in [-0.2, 0) is 19.1 Å². The highest BCUT2D eigenvalue weighted by Crippen LogP contribution is 2.41. The number of H-pyrrole nitrogens is 1. The summed E-state index contributed by atoms with van der Waals surface area (Å²) in [6.07, 6.45) is 0. The molecule has 2 fully saturated rings. The van der Waals surface area contributed by atoms with Crippen LogP contribution >= 0.6 is 0 Å². The number of Topliss-reactive ketones (excluding diaryl/α,β-unsaturated/α-hetero) is 1.